The van der Waals surface area contributed by atoms with Gasteiger partial charge in [-0.2, -0.15) is 0 Å². The summed E-state index contributed by atoms with van der Waals surface area (Å²) in [5, 5.41) is 13.4. The number of nitrogens with one attached hydrogen (secondary N) is 1. The molecule has 0 spiro atoms. The predicted molar refractivity (Wildman–Crippen MR) is 65.8 cm³/mol. The molecule has 2 heterocycles. The van der Waals surface area contributed by atoms with E-state index >= 15 is 0 Å². The number of carbonyl (C=O) groups excluding carboxylic acids is 2. The van der Waals surface area contributed by atoms with Crippen molar-refractivity contribution in [1.29, 1.82) is 0 Å². The fourth-order valence-electron chi connectivity index (χ4n) is 2.58. The third-order valence-corrected chi connectivity index (χ3v) is 3.52. The van der Waals surface area contributed by atoms with Crippen molar-refractivity contribution in [2.45, 2.75) is 18.9 Å². The molecule has 0 aromatic heterocycles. The molecule has 19 heavy (non-hydrogen) atoms. The average molecular weight is 261 g/mol. The van der Waals surface area contributed by atoms with Crippen LogP contribution in [0.25, 0.3) is 0 Å². The van der Waals surface area contributed by atoms with Gasteiger partial charge in [-0.25, -0.2) is 0 Å². The maximum atomic E-state index is 12.3. The monoisotopic (exact) mass is 261 g/mol. The Morgan fingerprint density at radius 1 is 1.37 bits per heavy atom. The zero-order chi connectivity index (χ0) is 13.6. The highest BCUT2D eigenvalue weighted by Gasteiger charge is 2.38. The number of non-ortho nitro benzene ring substituents is 1. The first-order valence-corrected chi connectivity index (χ1v) is 5.98. The van der Waals surface area contributed by atoms with Crippen LogP contribution in [0.3, 0.4) is 0 Å². The lowest BCUT2D eigenvalue weighted by atomic mass is 10.1. The van der Waals surface area contributed by atoms with E-state index < -0.39 is 11.0 Å². The molecule has 1 fully saturated rings. The normalized spacial score (nSPS) is 21.5. The van der Waals surface area contributed by atoms with Gasteiger partial charge in [-0.05, 0) is 18.9 Å². The van der Waals surface area contributed by atoms with Gasteiger partial charge in [-0.15, -0.1) is 0 Å². The van der Waals surface area contributed by atoms with Crippen molar-refractivity contribution in [2.24, 2.45) is 0 Å². The fraction of sp³-hybridized carbons (Fsp3) is 0.333. The maximum Gasteiger partial charge on any atom is 0.270 e. The van der Waals surface area contributed by atoms with Gasteiger partial charge >= 0.3 is 0 Å². The van der Waals surface area contributed by atoms with E-state index in [1.54, 1.807) is 0 Å². The van der Waals surface area contributed by atoms with E-state index in [1.165, 1.54) is 23.1 Å². The Bertz CT molecular complexity index is 599. The average Bonchev–Trinajstić information content (AvgIpc) is 2.84. The Hall–Kier alpha value is -2.44. The minimum absolute atomic E-state index is 0.154. The van der Waals surface area contributed by atoms with Gasteiger partial charge in [0.1, 0.15) is 6.04 Å². The summed E-state index contributed by atoms with van der Waals surface area (Å²) < 4.78 is 0. The van der Waals surface area contributed by atoms with Crippen LogP contribution in [-0.2, 0) is 4.79 Å². The van der Waals surface area contributed by atoms with Crippen LogP contribution in [-0.4, -0.2) is 34.2 Å². The number of anilines is 1. The van der Waals surface area contributed by atoms with Crippen LogP contribution >= 0.6 is 0 Å². The van der Waals surface area contributed by atoms with Crippen LogP contribution in [0, 0.1) is 10.1 Å². The van der Waals surface area contributed by atoms with Crippen LogP contribution < -0.4 is 5.32 Å². The molecule has 0 radical (unpaired) electrons. The quantitative estimate of drug-likeness (QED) is 0.606. The van der Waals surface area contributed by atoms with Crippen LogP contribution in [0.1, 0.15) is 23.2 Å². The molecule has 2 amide bonds. The zero-order valence-corrected chi connectivity index (χ0v) is 9.96. The largest absolute Gasteiger partial charge is 0.327 e. The zero-order valence-electron chi connectivity index (χ0n) is 9.96. The van der Waals surface area contributed by atoms with Crippen LogP contribution in [0.2, 0.25) is 0 Å². The number of nitrogens with zero attached hydrogens (tertiary/aromatic N) is 2. The first-order valence-electron chi connectivity index (χ1n) is 5.98. The molecule has 7 heteroatoms. The van der Waals surface area contributed by atoms with Gasteiger partial charge in [0.2, 0.25) is 5.91 Å². The van der Waals surface area contributed by atoms with Crippen LogP contribution in [0.4, 0.5) is 11.4 Å². The molecule has 0 saturated carbocycles. The van der Waals surface area contributed by atoms with E-state index in [2.05, 4.69) is 5.32 Å². The first kappa shape index (κ1) is 11.6. The van der Waals surface area contributed by atoms with E-state index in [4.69, 9.17) is 0 Å². The summed E-state index contributed by atoms with van der Waals surface area (Å²) in [5.41, 5.74) is 0.376. The van der Waals surface area contributed by atoms with Crippen molar-refractivity contribution in [2.75, 3.05) is 11.9 Å². The predicted octanol–water partition coefficient (Wildman–Crippen LogP) is 1.15. The second-order valence-electron chi connectivity index (χ2n) is 4.63. The molecule has 2 aliphatic rings. The Morgan fingerprint density at radius 2 is 2.16 bits per heavy atom. The van der Waals surface area contributed by atoms with Crippen LogP contribution in [0.15, 0.2) is 18.2 Å². The van der Waals surface area contributed by atoms with Crippen LogP contribution in [0.5, 0.6) is 0 Å². The molecular formula is C12H11N3O4. The molecule has 7 nitrogen and oxygen atoms in total. The van der Waals surface area contributed by atoms with Gasteiger partial charge in [0.05, 0.1) is 16.2 Å². The van der Waals surface area contributed by atoms with Crippen molar-refractivity contribution in [1.82, 2.24) is 4.90 Å². The van der Waals surface area contributed by atoms with Crippen molar-refractivity contribution in [3.8, 4) is 0 Å². The summed E-state index contributed by atoms with van der Waals surface area (Å²) >= 11 is 0. The smallest absolute Gasteiger partial charge is 0.270 e. The lowest BCUT2D eigenvalue weighted by Gasteiger charge is -2.19. The number of nitro benzene ring substituents is 1. The number of benzene rings is 1. The molecule has 98 valence electrons. The van der Waals surface area contributed by atoms with Crippen molar-refractivity contribution in [3.05, 3.63) is 33.9 Å². The topological polar surface area (TPSA) is 92.5 Å². The minimum atomic E-state index is -0.554. The summed E-state index contributed by atoms with van der Waals surface area (Å²) in [6.07, 6.45) is 1.40. The number of amides is 2. The Morgan fingerprint density at radius 3 is 2.89 bits per heavy atom. The Kier molecular flexibility index (Phi) is 2.48. The number of hydrogen-bond acceptors (Lipinski definition) is 4. The molecule has 1 atom stereocenters. The molecule has 1 N–H and O–H groups in total. The highest BCUT2D eigenvalue weighted by Crippen LogP contribution is 2.30. The van der Waals surface area contributed by atoms with E-state index in [0.29, 0.717) is 18.7 Å². The van der Waals surface area contributed by atoms with E-state index in [9.17, 15) is 19.7 Å². The summed E-state index contributed by atoms with van der Waals surface area (Å²) in [5.74, 6) is -0.544. The van der Waals surface area contributed by atoms with E-state index in [1.807, 2.05) is 0 Å². The highest BCUT2D eigenvalue weighted by atomic mass is 16.6. The molecule has 0 unspecified atom stereocenters. The van der Waals surface area contributed by atoms with Crippen molar-refractivity contribution >= 4 is 23.2 Å². The summed E-state index contributed by atoms with van der Waals surface area (Å²) in [4.78, 5) is 36.0. The van der Waals surface area contributed by atoms with Crippen molar-refractivity contribution < 1.29 is 14.5 Å². The Balaban J connectivity index is 2.11. The van der Waals surface area contributed by atoms with Gasteiger partial charge in [-0.1, -0.05) is 0 Å². The fourth-order valence-corrected chi connectivity index (χ4v) is 2.58. The standard InChI is InChI=1S/C12H11N3O4/c16-11-10-2-1-5-14(10)12(17)8-6-7(15(18)19)3-4-9(8)13-11/h3-4,6,10H,1-2,5H2,(H,13,16)/t10-/m0/s1. The molecule has 0 bridgehead atoms. The SMILES string of the molecule is O=C1Nc2ccc([N+](=O)[O-])cc2C(=O)N2CCC[C@@H]12. The Labute approximate surface area is 108 Å². The number of fused-ring (bicyclic) bond motifs is 2. The third kappa shape index (κ3) is 1.74. The van der Waals surface area contributed by atoms with Gasteiger partial charge in [0, 0.05) is 18.7 Å². The molecule has 1 aromatic rings. The molecule has 2 aliphatic heterocycles. The summed E-state index contributed by atoms with van der Waals surface area (Å²) in [7, 11) is 0. The molecule has 1 aromatic carbocycles. The lowest BCUT2D eigenvalue weighted by molar-refractivity contribution is -0.384. The van der Waals surface area contributed by atoms with E-state index in [0.717, 1.165) is 6.42 Å². The second kappa shape index (κ2) is 4.04. The first-order chi connectivity index (χ1) is 9.08. The molecule has 0 aliphatic carbocycles. The minimum Gasteiger partial charge on any atom is -0.327 e. The van der Waals surface area contributed by atoms with Gasteiger partial charge in [0.25, 0.3) is 11.6 Å². The van der Waals surface area contributed by atoms with Gasteiger partial charge < -0.3 is 10.2 Å². The highest BCUT2D eigenvalue weighted by molar-refractivity contribution is 6.10. The van der Waals surface area contributed by atoms with Gasteiger partial charge in [0.15, 0.2) is 0 Å². The van der Waals surface area contributed by atoms with Gasteiger partial charge in [-0.3, -0.25) is 19.7 Å². The maximum absolute atomic E-state index is 12.3. The second-order valence-corrected chi connectivity index (χ2v) is 4.63. The summed E-state index contributed by atoms with van der Waals surface area (Å²) in [6.45, 7) is 0.513. The lowest BCUT2D eigenvalue weighted by Crippen LogP contribution is -2.40. The van der Waals surface area contributed by atoms with E-state index in [-0.39, 0.29) is 23.1 Å². The molecule has 1 saturated heterocycles. The molecular weight excluding hydrogens is 250 g/mol. The molecule has 3 rings (SSSR count). The number of carbonyl (C=O) groups is 2. The van der Waals surface area contributed by atoms with Crippen molar-refractivity contribution in [3.63, 3.8) is 0 Å². The number of nitro groups is 1. The number of hydrogen-bond donors (Lipinski definition) is 1. The third-order valence-electron chi connectivity index (χ3n) is 3.52. The summed E-state index contributed by atoms with van der Waals surface area (Å²) in [6, 6.07) is 3.45. The number of rotatable bonds is 1.